The summed E-state index contributed by atoms with van der Waals surface area (Å²) in [4.78, 5) is 33.9. The van der Waals surface area contributed by atoms with Gasteiger partial charge in [-0.2, -0.15) is 0 Å². The molecule has 0 bridgehead atoms. The van der Waals surface area contributed by atoms with Crippen LogP contribution in [-0.4, -0.2) is 31.2 Å². The van der Waals surface area contributed by atoms with Crippen LogP contribution in [0.1, 0.15) is 22.5 Å². The van der Waals surface area contributed by atoms with Gasteiger partial charge in [0.1, 0.15) is 0 Å². The van der Waals surface area contributed by atoms with E-state index in [-0.39, 0.29) is 22.6 Å². The van der Waals surface area contributed by atoms with Gasteiger partial charge in [-0.25, -0.2) is 19.3 Å². The molecule has 2 heterocycles. The maximum atomic E-state index is 12.7. The Morgan fingerprint density at radius 2 is 0.830 bits per heavy atom. The molecule has 5 radical (unpaired) electrons. The molecule has 1 aliphatic rings. The van der Waals surface area contributed by atoms with Crippen LogP contribution < -0.4 is 21.3 Å². The summed E-state index contributed by atoms with van der Waals surface area (Å²) in [7, 11) is 8.26. The van der Waals surface area contributed by atoms with Crippen molar-refractivity contribution in [2.24, 2.45) is 24.1 Å². The fourth-order valence-corrected chi connectivity index (χ4v) is 5.17. The Balaban J connectivity index is 0.000000201. The second-order valence-electron chi connectivity index (χ2n) is 11.4. The van der Waals surface area contributed by atoms with Crippen molar-refractivity contribution in [3.05, 3.63) is 185 Å². The van der Waals surface area contributed by atoms with Crippen LogP contribution in [-0.2, 0) is 33.5 Å². The SMILES string of the molecule is Cc1c(N=Cc2ccccc2[O-])c(=O)n(-c2ccccc2)n1C.Cc1c(N=Cc2ccccc2[O-])c(=O)n(-c2ccccc2)n1C.[CH]1[CH][CH][CH][CH]1.[Cl][Ti+3]. The zero-order valence-electron chi connectivity index (χ0n) is 29.6. The molecule has 6 aromatic rings. The topological polar surface area (TPSA) is 125 Å². The predicted molar refractivity (Wildman–Crippen MR) is 205 cm³/mol. The van der Waals surface area contributed by atoms with Crippen molar-refractivity contribution in [3.8, 4) is 22.9 Å². The van der Waals surface area contributed by atoms with Crippen molar-refractivity contribution in [1.82, 2.24) is 18.7 Å². The van der Waals surface area contributed by atoms with Crippen molar-refractivity contribution < 1.29 is 29.6 Å². The molecule has 2 aromatic heterocycles. The van der Waals surface area contributed by atoms with Crippen LogP contribution in [0.15, 0.2) is 129 Å². The molecule has 1 saturated carbocycles. The molecular weight excluding hydrogens is 724 g/mol. The number of aliphatic imine (C=N–C) groups is 2. The number of hydrogen-bond acceptors (Lipinski definition) is 6. The minimum atomic E-state index is -0.212. The number of hydrogen-bond donors (Lipinski definition) is 0. The third-order valence-corrected chi connectivity index (χ3v) is 8.11. The summed E-state index contributed by atoms with van der Waals surface area (Å²) in [6.07, 6.45) is 12.9. The Morgan fingerprint density at radius 3 is 1.15 bits per heavy atom. The van der Waals surface area contributed by atoms with Gasteiger partial charge in [0.05, 0.1) is 22.8 Å². The molecule has 0 aliphatic heterocycles. The minimum absolute atomic E-state index is 0.117. The van der Waals surface area contributed by atoms with E-state index >= 15 is 0 Å². The molecule has 7 rings (SSSR count). The number of benzene rings is 4. The Kier molecular flexibility index (Phi) is 15.5. The molecule has 1 aliphatic carbocycles. The van der Waals surface area contributed by atoms with Gasteiger partial charge in [-0.15, -0.1) is 11.5 Å². The van der Waals surface area contributed by atoms with Gasteiger partial charge in [0.15, 0.2) is 11.4 Å². The number of aromatic nitrogens is 4. The summed E-state index contributed by atoms with van der Waals surface area (Å²) in [6.45, 7) is 3.66. The van der Waals surface area contributed by atoms with Crippen molar-refractivity contribution in [2.75, 3.05) is 0 Å². The summed E-state index contributed by atoms with van der Waals surface area (Å²) in [5, 5.41) is 23.4. The monoisotopic (exact) mass is 760 g/mol. The van der Waals surface area contributed by atoms with E-state index in [0.717, 1.165) is 22.8 Å². The van der Waals surface area contributed by atoms with E-state index in [1.54, 1.807) is 55.1 Å². The number of rotatable bonds is 6. The second-order valence-corrected chi connectivity index (χ2v) is 11.4. The van der Waals surface area contributed by atoms with Gasteiger partial charge in [-0.1, -0.05) is 84.9 Å². The van der Waals surface area contributed by atoms with E-state index in [2.05, 4.69) is 19.3 Å². The zero-order valence-corrected chi connectivity index (χ0v) is 31.9. The van der Waals surface area contributed by atoms with Crippen LogP contribution in [0, 0.1) is 46.0 Å². The molecule has 0 atom stereocenters. The van der Waals surface area contributed by atoms with Crippen molar-refractivity contribution >= 4 is 33.1 Å². The first kappa shape index (κ1) is 40.6. The van der Waals surface area contributed by atoms with Gasteiger partial charge in [0, 0.05) is 26.5 Å². The van der Waals surface area contributed by atoms with Crippen LogP contribution in [0.25, 0.3) is 11.4 Å². The standard InChI is InChI=1S/2C18H17N3O2.C5H5.ClH.Ti/c2*1-13-17(19-12-14-8-6-7-11-16(14)22)18(23)21(20(13)2)15-9-4-3-5-10-15;1-2-4-5-3-1;;/h2*3-12,22H,1-2H3;1-5H;1H;/q;;;;+4/p-3. The Morgan fingerprint density at radius 1 is 0.528 bits per heavy atom. The molecule has 0 N–H and O–H groups in total. The summed E-state index contributed by atoms with van der Waals surface area (Å²) < 4.78 is 6.64. The molecule has 1 fully saturated rings. The molecule has 0 amide bonds. The van der Waals surface area contributed by atoms with E-state index in [4.69, 9.17) is 0 Å². The number of halogens is 1. The third-order valence-electron chi connectivity index (χ3n) is 8.11. The van der Waals surface area contributed by atoms with E-state index < -0.39 is 0 Å². The number of nitrogens with zero attached hydrogens (tertiary/aromatic N) is 6. The molecule has 0 saturated heterocycles. The Hall–Kier alpha value is -5.16. The molecule has 0 unspecified atom stereocenters. The van der Waals surface area contributed by atoms with E-state index in [9.17, 15) is 19.8 Å². The average Bonchev–Trinajstić information content (AvgIpc) is 3.89. The van der Waals surface area contributed by atoms with Gasteiger partial charge in [-0.3, -0.25) is 19.0 Å². The van der Waals surface area contributed by atoms with Crippen LogP contribution in [0.3, 0.4) is 0 Å². The first-order chi connectivity index (χ1) is 25.7. The third kappa shape index (κ3) is 10.3. The zero-order chi connectivity index (χ0) is 38.3. The molecule has 0 spiro atoms. The van der Waals surface area contributed by atoms with Crippen molar-refractivity contribution in [3.63, 3.8) is 0 Å². The second kappa shape index (κ2) is 20.2. The summed E-state index contributed by atoms with van der Waals surface area (Å²) >= 11 is 1.47. The van der Waals surface area contributed by atoms with E-state index in [0.29, 0.717) is 22.5 Å². The van der Waals surface area contributed by atoms with Crippen LogP contribution in [0.2, 0.25) is 0 Å². The fraction of sp³-hybridized carbons (Fsp3) is 0.0976. The molecule has 53 heavy (non-hydrogen) atoms. The molecular formula is C41H37ClN6O4Ti+. The summed E-state index contributed by atoms with van der Waals surface area (Å²) in [5.74, 6) is -0.235. The molecule has 4 aromatic carbocycles. The predicted octanol–water partition coefficient (Wildman–Crippen LogP) is 6.33. The van der Waals surface area contributed by atoms with Gasteiger partial charge < -0.3 is 10.2 Å². The Labute approximate surface area is 325 Å². The fourth-order valence-electron chi connectivity index (χ4n) is 5.17. The first-order valence-electron chi connectivity index (χ1n) is 16.3. The van der Waals surface area contributed by atoms with E-state index in [1.807, 2.05) is 121 Å². The van der Waals surface area contributed by atoms with Gasteiger partial charge >= 0.3 is 28.7 Å². The maximum absolute atomic E-state index is 12.7. The summed E-state index contributed by atoms with van der Waals surface area (Å²) in [6, 6.07) is 31.9. The molecule has 10 nitrogen and oxygen atoms in total. The van der Waals surface area contributed by atoms with Crippen molar-refractivity contribution in [2.45, 2.75) is 13.8 Å². The number of para-hydroxylation sites is 4. The van der Waals surface area contributed by atoms with E-state index in [1.165, 1.54) is 43.9 Å². The normalized spacial score (nSPS) is 12.1. The van der Waals surface area contributed by atoms with Crippen LogP contribution in [0.5, 0.6) is 11.5 Å². The summed E-state index contributed by atoms with van der Waals surface area (Å²) in [5.41, 5.74) is 4.17. The average molecular weight is 761 g/mol. The van der Waals surface area contributed by atoms with Crippen LogP contribution >= 0.6 is 9.30 Å². The van der Waals surface area contributed by atoms with Crippen molar-refractivity contribution in [1.29, 1.82) is 0 Å². The first-order valence-corrected chi connectivity index (χ1v) is 18.5. The molecule has 265 valence electrons. The van der Waals surface area contributed by atoms with Gasteiger partial charge in [0.2, 0.25) is 0 Å². The molecule has 12 heteroatoms. The van der Waals surface area contributed by atoms with Gasteiger partial charge in [-0.05, 0) is 81.3 Å². The quantitative estimate of drug-likeness (QED) is 0.146. The van der Waals surface area contributed by atoms with Gasteiger partial charge in [0.25, 0.3) is 11.1 Å². The van der Waals surface area contributed by atoms with Crippen LogP contribution in [0.4, 0.5) is 11.4 Å². The Bertz CT molecular complexity index is 2090.